The summed E-state index contributed by atoms with van der Waals surface area (Å²) in [5, 5.41) is 13.4. The largest absolute Gasteiger partial charge is 0.441 e. The van der Waals surface area contributed by atoms with Crippen molar-refractivity contribution in [3.05, 3.63) is 75.5 Å². The lowest BCUT2D eigenvalue weighted by molar-refractivity contribution is -0.384. The van der Waals surface area contributed by atoms with Crippen LogP contribution < -0.4 is 5.32 Å². The van der Waals surface area contributed by atoms with Crippen LogP contribution in [0.25, 0.3) is 11.3 Å². The van der Waals surface area contributed by atoms with Crippen LogP contribution in [0.4, 0.5) is 15.8 Å². The highest BCUT2D eigenvalue weighted by Crippen LogP contribution is 2.27. The van der Waals surface area contributed by atoms with Crippen LogP contribution in [0.15, 0.2) is 53.1 Å². The lowest BCUT2D eigenvalue weighted by Gasteiger charge is -2.05. The van der Waals surface area contributed by atoms with Crippen molar-refractivity contribution in [1.82, 2.24) is 4.98 Å². The Morgan fingerprint density at radius 3 is 2.70 bits per heavy atom. The number of nitro benzene ring substituents is 1. The van der Waals surface area contributed by atoms with Crippen molar-refractivity contribution in [3.8, 4) is 11.3 Å². The molecular formula is C18H13ClFN3O4. The minimum atomic E-state index is -0.623. The van der Waals surface area contributed by atoms with E-state index in [9.17, 15) is 19.3 Å². The number of carbonyl (C=O) groups is 1. The van der Waals surface area contributed by atoms with Gasteiger partial charge in [-0.3, -0.25) is 14.9 Å². The van der Waals surface area contributed by atoms with Crippen LogP contribution in [0, 0.1) is 15.9 Å². The van der Waals surface area contributed by atoms with Crippen molar-refractivity contribution in [1.29, 1.82) is 0 Å². The van der Waals surface area contributed by atoms with E-state index in [1.807, 2.05) is 0 Å². The van der Waals surface area contributed by atoms with E-state index in [-0.39, 0.29) is 41.0 Å². The minimum Gasteiger partial charge on any atom is -0.441 e. The Hall–Kier alpha value is -3.26. The SMILES string of the molecule is O=C(CCc1ncc(-c2ccc(F)cc2)o1)Nc1ccc(Cl)c([N+](=O)[O-])c1. The molecule has 9 heteroatoms. The first kappa shape index (κ1) is 18.5. The van der Waals surface area contributed by atoms with Crippen molar-refractivity contribution in [2.45, 2.75) is 12.8 Å². The lowest BCUT2D eigenvalue weighted by atomic mass is 10.2. The van der Waals surface area contributed by atoms with E-state index in [0.29, 0.717) is 17.2 Å². The second-order valence-corrected chi connectivity index (χ2v) is 6.00. The number of oxazole rings is 1. The molecule has 0 aliphatic rings. The number of nitrogens with one attached hydrogen (secondary N) is 1. The summed E-state index contributed by atoms with van der Waals surface area (Å²) < 4.78 is 18.5. The molecule has 0 aliphatic carbocycles. The maximum absolute atomic E-state index is 13.0. The quantitative estimate of drug-likeness (QED) is 0.490. The van der Waals surface area contributed by atoms with Gasteiger partial charge in [0.1, 0.15) is 10.8 Å². The van der Waals surface area contributed by atoms with E-state index in [1.54, 1.807) is 12.1 Å². The maximum atomic E-state index is 13.0. The predicted octanol–water partition coefficient (Wildman–Crippen LogP) is 4.61. The Labute approximate surface area is 157 Å². The standard InChI is InChI=1S/C18H13ClFN3O4/c19-14-6-5-13(9-15(14)23(25)26)22-17(24)7-8-18-21-10-16(27-18)11-1-3-12(20)4-2-11/h1-6,9-10H,7-8H2,(H,22,24). The highest BCUT2D eigenvalue weighted by atomic mass is 35.5. The topological polar surface area (TPSA) is 98.3 Å². The number of hydrogen-bond donors (Lipinski definition) is 1. The van der Waals surface area contributed by atoms with Gasteiger partial charge in [0, 0.05) is 30.2 Å². The van der Waals surface area contributed by atoms with Crippen LogP contribution >= 0.6 is 11.6 Å². The van der Waals surface area contributed by atoms with Crippen molar-refractivity contribution >= 4 is 28.9 Å². The number of nitro groups is 1. The lowest BCUT2D eigenvalue weighted by Crippen LogP contribution is -2.12. The molecule has 1 heterocycles. The molecule has 7 nitrogen and oxygen atoms in total. The number of carbonyl (C=O) groups excluding carboxylic acids is 1. The Balaban J connectivity index is 1.59. The number of aryl methyl sites for hydroxylation is 1. The first-order chi connectivity index (χ1) is 12.9. The summed E-state index contributed by atoms with van der Waals surface area (Å²) in [4.78, 5) is 26.4. The van der Waals surface area contributed by atoms with Crippen molar-refractivity contribution < 1.29 is 18.5 Å². The van der Waals surface area contributed by atoms with Crippen molar-refractivity contribution in [2.75, 3.05) is 5.32 Å². The maximum Gasteiger partial charge on any atom is 0.289 e. The number of nitrogens with zero attached hydrogens (tertiary/aromatic N) is 2. The Morgan fingerprint density at radius 1 is 1.26 bits per heavy atom. The normalized spacial score (nSPS) is 10.6. The smallest absolute Gasteiger partial charge is 0.289 e. The molecule has 3 rings (SSSR count). The molecule has 0 bridgehead atoms. The third-order valence-electron chi connectivity index (χ3n) is 3.67. The third kappa shape index (κ3) is 4.68. The zero-order chi connectivity index (χ0) is 19.4. The average molecular weight is 390 g/mol. The summed E-state index contributed by atoms with van der Waals surface area (Å²) in [6, 6.07) is 9.79. The number of amides is 1. The van der Waals surface area contributed by atoms with E-state index < -0.39 is 4.92 Å². The van der Waals surface area contributed by atoms with E-state index in [2.05, 4.69) is 10.3 Å². The van der Waals surface area contributed by atoms with Gasteiger partial charge < -0.3 is 9.73 Å². The van der Waals surface area contributed by atoms with Crippen LogP contribution in [0.5, 0.6) is 0 Å². The molecule has 0 aliphatic heterocycles. The second kappa shape index (κ2) is 7.96. The summed E-state index contributed by atoms with van der Waals surface area (Å²) >= 11 is 5.73. The molecule has 0 unspecified atom stereocenters. The predicted molar refractivity (Wildman–Crippen MR) is 97.0 cm³/mol. The summed E-state index contributed by atoms with van der Waals surface area (Å²) in [5.74, 6) is 0.121. The summed E-state index contributed by atoms with van der Waals surface area (Å²) in [7, 11) is 0. The molecule has 0 saturated carbocycles. The molecule has 2 aromatic carbocycles. The van der Waals surface area contributed by atoms with Gasteiger partial charge in [0.2, 0.25) is 5.91 Å². The van der Waals surface area contributed by atoms with Crippen molar-refractivity contribution in [3.63, 3.8) is 0 Å². The van der Waals surface area contributed by atoms with Gasteiger partial charge in [-0.05, 0) is 36.4 Å². The molecule has 1 N–H and O–H groups in total. The fourth-order valence-corrected chi connectivity index (χ4v) is 2.53. The average Bonchev–Trinajstić information content (AvgIpc) is 3.11. The summed E-state index contributed by atoms with van der Waals surface area (Å²) in [6.45, 7) is 0. The number of benzene rings is 2. The number of halogens is 2. The molecule has 138 valence electrons. The molecule has 27 heavy (non-hydrogen) atoms. The molecule has 0 fully saturated rings. The minimum absolute atomic E-state index is 0.00823. The molecule has 1 amide bonds. The van der Waals surface area contributed by atoms with E-state index in [1.165, 1.54) is 36.5 Å². The van der Waals surface area contributed by atoms with Gasteiger partial charge in [-0.1, -0.05) is 11.6 Å². The number of hydrogen-bond acceptors (Lipinski definition) is 5. The molecule has 0 atom stereocenters. The highest BCUT2D eigenvalue weighted by Gasteiger charge is 2.14. The first-order valence-corrected chi connectivity index (χ1v) is 8.24. The zero-order valence-electron chi connectivity index (χ0n) is 13.8. The molecular weight excluding hydrogens is 377 g/mol. The fourth-order valence-electron chi connectivity index (χ4n) is 2.35. The molecule has 0 saturated heterocycles. The molecule has 3 aromatic rings. The fraction of sp³-hybridized carbons (Fsp3) is 0.111. The molecule has 1 aromatic heterocycles. The molecule has 0 spiro atoms. The van der Waals surface area contributed by atoms with Gasteiger partial charge in [-0.15, -0.1) is 0 Å². The number of aromatic nitrogens is 1. The third-order valence-corrected chi connectivity index (χ3v) is 3.99. The van der Waals surface area contributed by atoms with Crippen LogP contribution in [0.2, 0.25) is 5.02 Å². The van der Waals surface area contributed by atoms with Gasteiger partial charge in [0.25, 0.3) is 5.69 Å². The Kier molecular flexibility index (Phi) is 5.46. The van der Waals surface area contributed by atoms with Gasteiger partial charge >= 0.3 is 0 Å². The monoisotopic (exact) mass is 389 g/mol. The van der Waals surface area contributed by atoms with Gasteiger partial charge in [-0.25, -0.2) is 9.37 Å². The van der Waals surface area contributed by atoms with Crippen molar-refractivity contribution in [2.24, 2.45) is 0 Å². The summed E-state index contributed by atoms with van der Waals surface area (Å²) in [6.07, 6.45) is 1.81. The first-order valence-electron chi connectivity index (χ1n) is 7.87. The van der Waals surface area contributed by atoms with E-state index >= 15 is 0 Å². The summed E-state index contributed by atoms with van der Waals surface area (Å²) in [5.41, 5.74) is 0.662. The van der Waals surface area contributed by atoms with E-state index in [4.69, 9.17) is 16.0 Å². The molecule has 0 radical (unpaired) electrons. The van der Waals surface area contributed by atoms with Crippen LogP contribution in [0.1, 0.15) is 12.3 Å². The van der Waals surface area contributed by atoms with Gasteiger partial charge in [0.05, 0.1) is 11.1 Å². The van der Waals surface area contributed by atoms with Gasteiger partial charge in [-0.2, -0.15) is 0 Å². The highest BCUT2D eigenvalue weighted by molar-refractivity contribution is 6.32. The second-order valence-electron chi connectivity index (χ2n) is 5.60. The van der Waals surface area contributed by atoms with Crippen LogP contribution in [-0.4, -0.2) is 15.8 Å². The van der Waals surface area contributed by atoms with Crippen LogP contribution in [0.3, 0.4) is 0 Å². The Morgan fingerprint density at radius 2 is 2.00 bits per heavy atom. The van der Waals surface area contributed by atoms with Crippen LogP contribution in [-0.2, 0) is 11.2 Å². The number of anilines is 1. The van der Waals surface area contributed by atoms with E-state index in [0.717, 1.165) is 0 Å². The van der Waals surface area contributed by atoms with Gasteiger partial charge in [0.15, 0.2) is 11.7 Å². The Bertz CT molecular complexity index is 989. The zero-order valence-corrected chi connectivity index (χ0v) is 14.6. The number of rotatable bonds is 6.